The summed E-state index contributed by atoms with van der Waals surface area (Å²) < 4.78 is 20.5. The van der Waals surface area contributed by atoms with Gasteiger partial charge >= 0.3 is 0 Å². The number of oxazole rings is 1. The van der Waals surface area contributed by atoms with E-state index in [2.05, 4.69) is 24.9 Å². The van der Waals surface area contributed by atoms with Crippen molar-refractivity contribution in [1.29, 1.82) is 0 Å². The Balaban J connectivity index is 1.25. The molecule has 0 atom stereocenters. The molecule has 0 aliphatic carbocycles. The minimum Gasteiger partial charge on any atom is -0.445 e. The molecule has 0 unspecified atom stereocenters. The molecule has 0 N–H and O–H groups in total. The van der Waals surface area contributed by atoms with Crippen LogP contribution in [0.2, 0.25) is 0 Å². The highest BCUT2D eigenvalue weighted by atomic mass is 32.1. The van der Waals surface area contributed by atoms with Crippen molar-refractivity contribution in [3.05, 3.63) is 54.1 Å². The molecule has 144 valence electrons. The minimum atomic E-state index is -0.247. The summed E-state index contributed by atoms with van der Waals surface area (Å²) in [6.07, 6.45) is 3.70. The van der Waals surface area contributed by atoms with Crippen LogP contribution in [0, 0.1) is 12.7 Å². The largest absolute Gasteiger partial charge is 0.445 e. The van der Waals surface area contributed by atoms with Crippen molar-refractivity contribution in [1.82, 2.24) is 24.5 Å². The van der Waals surface area contributed by atoms with Crippen LogP contribution in [-0.4, -0.2) is 50.7 Å². The van der Waals surface area contributed by atoms with Crippen LogP contribution in [0.5, 0.6) is 0 Å². The Kier molecular flexibility index (Phi) is 4.33. The lowest BCUT2D eigenvalue weighted by molar-refractivity contribution is 0.229. The Labute approximate surface area is 165 Å². The van der Waals surface area contributed by atoms with Crippen molar-refractivity contribution in [3.8, 4) is 11.3 Å². The summed E-state index contributed by atoms with van der Waals surface area (Å²) in [5.41, 5.74) is 1.69. The van der Waals surface area contributed by atoms with Gasteiger partial charge in [0.25, 0.3) is 0 Å². The summed E-state index contributed by atoms with van der Waals surface area (Å²) in [6.45, 7) is 6.37. The van der Waals surface area contributed by atoms with Crippen LogP contribution in [0.15, 0.2) is 41.1 Å². The normalized spacial score (nSPS) is 15.6. The molecule has 1 saturated heterocycles. The predicted molar refractivity (Wildman–Crippen MR) is 105 cm³/mol. The van der Waals surface area contributed by atoms with E-state index in [1.54, 1.807) is 29.7 Å². The number of nitrogens with zero attached hydrogens (tertiary/aromatic N) is 6. The molecular weight excluding hydrogens is 379 g/mol. The number of anilines is 1. The standard InChI is InChI=1S/C19H19FN6OS/c1-13-21-10-16(27-13)11-24-6-8-25(9-7-24)19-23-26-12-17(22-18(26)28-19)14-2-4-15(20)5-3-14/h2-5,10,12H,6-9,11H2,1H3. The van der Waals surface area contributed by atoms with E-state index in [1.165, 1.54) is 12.1 Å². The average molecular weight is 398 g/mol. The lowest BCUT2D eigenvalue weighted by Gasteiger charge is -2.33. The van der Waals surface area contributed by atoms with Gasteiger partial charge in [0, 0.05) is 38.7 Å². The maximum atomic E-state index is 13.1. The fourth-order valence-electron chi connectivity index (χ4n) is 3.37. The highest BCUT2D eigenvalue weighted by molar-refractivity contribution is 7.20. The third kappa shape index (κ3) is 3.38. The number of fused-ring (bicyclic) bond motifs is 1. The number of hydrogen-bond acceptors (Lipinski definition) is 7. The topological polar surface area (TPSA) is 62.7 Å². The van der Waals surface area contributed by atoms with Crippen LogP contribution < -0.4 is 4.90 Å². The fraction of sp³-hybridized carbons (Fsp3) is 0.316. The lowest BCUT2D eigenvalue weighted by Crippen LogP contribution is -2.45. The molecule has 4 heterocycles. The second kappa shape index (κ2) is 6.99. The summed E-state index contributed by atoms with van der Waals surface area (Å²) in [7, 11) is 0. The smallest absolute Gasteiger partial charge is 0.214 e. The number of hydrogen-bond donors (Lipinski definition) is 0. The van der Waals surface area contributed by atoms with Gasteiger partial charge in [-0.05, 0) is 24.3 Å². The van der Waals surface area contributed by atoms with E-state index in [4.69, 9.17) is 4.42 Å². The van der Waals surface area contributed by atoms with Crippen molar-refractivity contribution in [2.75, 3.05) is 31.1 Å². The van der Waals surface area contributed by atoms with E-state index >= 15 is 0 Å². The molecule has 0 saturated carbocycles. The maximum absolute atomic E-state index is 13.1. The van der Waals surface area contributed by atoms with Gasteiger partial charge in [-0.15, -0.1) is 5.10 Å². The fourth-order valence-corrected chi connectivity index (χ4v) is 4.31. The zero-order chi connectivity index (χ0) is 19.1. The molecule has 0 spiro atoms. The molecule has 1 aliphatic heterocycles. The van der Waals surface area contributed by atoms with Crippen LogP contribution in [0.4, 0.5) is 9.52 Å². The van der Waals surface area contributed by atoms with E-state index in [1.807, 2.05) is 17.6 Å². The zero-order valence-corrected chi connectivity index (χ0v) is 16.2. The maximum Gasteiger partial charge on any atom is 0.214 e. The minimum absolute atomic E-state index is 0.247. The third-order valence-electron chi connectivity index (χ3n) is 4.86. The second-order valence-electron chi connectivity index (χ2n) is 6.85. The number of benzene rings is 1. The van der Waals surface area contributed by atoms with Gasteiger partial charge in [-0.25, -0.2) is 18.9 Å². The molecule has 4 aromatic rings. The first kappa shape index (κ1) is 17.3. The van der Waals surface area contributed by atoms with Crippen LogP contribution in [0.25, 0.3) is 16.2 Å². The highest BCUT2D eigenvalue weighted by Crippen LogP contribution is 2.27. The molecule has 1 aliphatic rings. The van der Waals surface area contributed by atoms with Crippen molar-refractivity contribution in [2.24, 2.45) is 0 Å². The molecule has 7 nitrogen and oxygen atoms in total. The van der Waals surface area contributed by atoms with E-state index in [9.17, 15) is 4.39 Å². The quantitative estimate of drug-likeness (QED) is 0.526. The number of imidazole rings is 1. The van der Waals surface area contributed by atoms with Crippen LogP contribution in [0.3, 0.4) is 0 Å². The van der Waals surface area contributed by atoms with Crippen molar-refractivity contribution in [2.45, 2.75) is 13.5 Å². The van der Waals surface area contributed by atoms with E-state index in [0.717, 1.165) is 59.8 Å². The van der Waals surface area contributed by atoms with Crippen molar-refractivity contribution in [3.63, 3.8) is 0 Å². The second-order valence-corrected chi connectivity index (χ2v) is 7.79. The van der Waals surface area contributed by atoms with Gasteiger partial charge in [0.15, 0.2) is 5.89 Å². The highest BCUT2D eigenvalue weighted by Gasteiger charge is 2.21. The average Bonchev–Trinajstić information content (AvgIpc) is 3.38. The summed E-state index contributed by atoms with van der Waals surface area (Å²) in [5.74, 6) is 1.37. The number of piperazine rings is 1. The molecule has 0 bridgehead atoms. The van der Waals surface area contributed by atoms with Gasteiger partial charge in [0.05, 0.1) is 24.6 Å². The summed E-state index contributed by atoms with van der Waals surface area (Å²) in [5, 5.41) is 5.67. The van der Waals surface area contributed by atoms with Gasteiger partial charge in [-0.3, -0.25) is 4.90 Å². The van der Waals surface area contributed by atoms with E-state index < -0.39 is 0 Å². The summed E-state index contributed by atoms with van der Waals surface area (Å²) in [4.78, 5) is 14.3. The first-order chi connectivity index (χ1) is 13.6. The van der Waals surface area contributed by atoms with E-state index in [-0.39, 0.29) is 5.82 Å². The molecular formula is C19H19FN6OS. The summed E-state index contributed by atoms with van der Waals surface area (Å²) >= 11 is 1.58. The molecule has 1 fully saturated rings. The number of aromatic nitrogens is 4. The molecule has 5 rings (SSSR count). The third-order valence-corrected chi connectivity index (χ3v) is 5.85. The predicted octanol–water partition coefficient (Wildman–Crippen LogP) is 3.22. The SMILES string of the molecule is Cc1ncc(CN2CCN(c3nn4cc(-c5ccc(F)cc5)nc4s3)CC2)o1. The molecule has 0 radical (unpaired) electrons. The molecule has 28 heavy (non-hydrogen) atoms. The van der Waals surface area contributed by atoms with Gasteiger partial charge in [0.2, 0.25) is 10.1 Å². The Hall–Kier alpha value is -2.78. The number of halogens is 1. The van der Waals surface area contributed by atoms with Gasteiger partial charge in [0.1, 0.15) is 11.6 Å². The first-order valence-corrected chi connectivity index (χ1v) is 9.96. The summed E-state index contributed by atoms with van der Waals surface area (Å²) in [6, 6.07) is 6.36. The Morgan fingerprint density at radius 2 is 1.93 bits per heavy atom. The zero-order valence-electron chi connectivity index (χ0n) is 15.4. The Bertz CT molecular complexity index is 1060. The van der Waals surface area contributed by atoms with Crippen LogP contribution in [0.1, 0.15) is 11.7 Å². The lowest BCUT2D eigenvalue weighted by atomic mass is 10.2. The monoisotopic (exact) mass is 398 g/mol. The first-order valence-electron chi connectivity index (χ1n) is 9.15. The molecule has 3 aromatic heterocycles. The molecule has 0 amide bonds. The van der Waals surface area contributed by atoms with Gasteiger partial charge in [-0.2, -0.15) is 0 Å². The van der Waals surface area contributed by atoms with Crippen molar-refractivity contribution >= 4 is 21.4 Å². The molecule has 9 heteroatoms. The van der Waals surface area contributed by atoms with Gasteiger partial charge in [-0.1, -0.05) is 11.3 Å². The van der Waals surface area contributed by atoms with E-state index in [0.29, 0.717) is 5.89 Å². The van der Waals surface area contributed by atoms with Gasteiger partial charge < -0.3 is 9.32 Å². The van der Waals surface area contributed by atoms with Crippen LogP contribution >= 0.6 is 11.3 Å². The van der Waals surface area contributed by atoms with Crippen LogP contribution in [-0.2, 0) is 6.54 Å². The van der Waals surface area contributed by atoms with Crippen molar-refractivity contribution < 1.29 is 8.81 Å². The number of aryl methyl sites for hydroxylation is 1. The number of rotatable bonds is 4. The Morgan fingerprint density at radius 1 is 1.14 bits per heavy atom. The molecule has 1 aromatic carbocycles. The Morgan fingerprint density at radius 3 is 2.61 bits per heavy atom.